The fraction of sp³-hybridized carbons (Fsp3) is 0.235. The lowest BCUT2D eigenvalue weighted by atomic mass is 10.2. The van der Waals surface area contributed by atoms with Crippen LogP contribution in [0.3, 0.4) is 0 Å². The van der Waals surface area contributed by atoms with Crippen molar-refractivity contribution in [2.24, 2.45) is 0 Å². The quantitative estimate of drug-likeness (QED) is 0.740. The molecular formula is C17H15N5O2S2. The van der Waals surface area contributed by atoms with Crippen LogP contribution in [0.1, 0.15) is 11.3 Å². The molecule has 3 aromatic heterocycles. The Morgan fingerprint density at radius 3 is 3.00 bits per heavy atom. The van der Waals surface area contributed by atoms with Crippen molar-refractivity contribution >= 4 is 34.1 Å². The Bertz CT molecular complexity index is 1000. The standard InChI is InChI=1S/C17H15N5O2S2/c23-15(8-22-16(24)7-12-9-25-6-3-13(12)21-22)20-17-19-14(10-26-17)11-1-4-18-5-2-11/h1-2,4-5,7,10H,3,6,8-9H2,(H,19,20,23). The Hall–Kier alpha value is -2.52. The molecule has 4 heterocycles. The minimum atomic E-state index is -0.319. The third-order valence-corrected chi connectivity index (χ3v) is 5.69. The number of nitrogens with zero attached hydrogens (tertiary/aromatic N) is 4. The zero-order valence-corrected chi connectivity index (χ0v) is 15.3. The van der Waals surface area contributed by atoms with Gasteiger partial charge in [0.05, 0.1) is 11.4 Å². The van der Waals surface area contributed by atoms with Crippen LogP contribution in [0, 0.1) is 0 Å². The Morgan fingerprint density at radius 1 is 1.31 bits per heavy atom. The van der Waals surface area contributed by atoms with Crippen LogP contribution in [0.15, 0.2) is 40.8 Å². The summed E-state index contributed by atoms with van der Waals surface area (Å²) in [6.45, 7) is -0.122. The number of aromatic nitrogens is 4. The molecule has 0 unspecified atom stereocenters. The maximum Gasteiger partial charge on any atom is 0.267 e. The molecule has 3 aromatic rings. The zero-order chi connectivity index (χ0) is 17.9. The molecule has 1 aliphatic heterocycles. The molecule has 0 saturated carbocycles. The number of thiazole rings is 1. The number of hydrogen-bond donors (Lipinski definition) is 1. The minimum absolute atomic E-state index is 0.122. The highest BCUT2D eigenvalue weighted by molar-refractivity contribution is 7.98. The molecule has 0 fully saturated rings. The van der Waals surface area contributed by atoms with Crippen molar-refractivity contribution in [3.63, 3.8) is 0 Å². The van der Waals surface area contributed by atoms with Crippen LogP contribution < -0.4 is 10.9 Å². The second-order valence-corrected chi connectivity index (χ2v) is 7.70. The average Bonchev–Trinajstić information content (AvgIpc) is 3.11. The predicted molar refractivity (Wildman–Crippen MR) is 102 cm³/mol. The predicted octanol–water partition coefficient (Wildman–Crippen LogP) is 2.19. The summed E-state index contributed by atoms with van der Waals surface area (Å²) in [5, 5.41) is 9.45. The molecule has 0 spiro atoms. The molecule has 0 saturated heterocycles. The molecule has 4 rings (SSSR count). The Kier molecular flexibility index (Phi) is 4.81. The van der Waals surface area contributed by atoms with Crippen molar-refractivity contribution in [2.75, 3.05) is 11.1 Å². The highest BCUT2D eigenvalue weighted by Crippen LogP contribution is 2.24. The second kappa shape index (κ2) is 7.38. The summed E-state index contributed by atoms with van der Waals surface area (Å²) in [5.41, 5.74) is 3.34. The molecule has 1 aliphatic rings. The molecule has 0 radical (unpaired) electrons. The topological polar surface area (TPSA) is 89.8 Å². The minimum Gasteiger partial charge on any atom is -0.300 e. The number of fused-ring (bicyclic) bond motifs is 1. The van der Waals surface area contributed by atoms with Gasteiger partial charge in [0.25, 0.3) is 5.56 Å². The summed E-state index contributed by atoms with van der Waals surface area (Å²) in [5.74, 6) is 1.48. The van der Waals surface area contributed by atoms with Gasteiger partial charge in [0.1, 0.15) is 6.54 Å². The molecule has 0 atom stereocenters. The highest BCUT2D eigenvalue weighted by atomic mass is 32.2. The molecular weight excluding hydrogens is 370 g/mol. The number of rotatable bonds is 4. The molecule has 0 aromatic carbocycles. The van der Waals surface area contributed by atoms with Crippen LogP contribution in [0.5, 0.6) is 0 Å². The fourth-order valence-corrected chi connectivity index (χ4v) is 4.33. The van der Waals surface area contributed by atoms with Gasteiger partial charge in [-0.25, -0.2) is 9.67 Å². The Labute approximate surface area is 157 Å². The first-order chi connectivity index (χ1) is 12.7. The summed E-state index contributed by atoms with van der Waals surface area (Å²) in [6.07, 6.45) is 4.21. The smallest absolute Gasteiger partial charge is 0.267 e. The van der Waals surface area contributed by atoms with Crippen LogP contribution in [0.2, 0.25) is 0 Å². The lowest BCUT2D eigenvalue weighted by Gasteiger charge is -2.15. The van der Waals surface area contributed by atoms with Gasteiger partial charge in [-0.3, -0.25) is 14.6 Å². The molecule has 1 N–H and O–H groups in total. The van der Waals surface area contributed by atoms with Crippen molar-refractivity contribution < 1.29 is 4.79 Å². The van der Waals surface area contributed by atoms with E-state index in [1.54, 1.807) is 30.2 Å². The number of pyridine rings is 1. The van der Waals surface area contributed by atoms with E-state index in [1.807, 2.05) is 17.5 Å². The number of amides is 1. The third-order valence-electron chi connectivity index (χ3n) is 3.92. The molecule has 26 heavy (non-hydrogen) atoms. The van der Waals surface area contributed by atoms with Gasteiger partial charge in [-0.1, -0.05) is 0 Å². The number of aryl methyl sites for hydroxylation is 1. The maximum absolute atomic E-state index is 12.3. The number of hydrogen-bond acceptors (Lipinski definition) is 7. The third kappa shape index (κ3) is 3.68. The van der Waals surface area contributed by atoms with E-state index in [2.05, 4.69) is 20.4 Å². The van der Waals surface area contributed by atoms with Crippen molar-refractivity contribution in [1.82, 2.24) is 19.7 Å². The zero-order valence-electron chi connectivity index (χ0n) is 13.7. The molecule has 1 amide bonds. The van der Waals surface area contributed by atoms with Crippen molar-refractivity contribution in [2.45, 2.75) is 18.7 Å². The molecule has 0 aliphatic carbocycles. The number of thioether (sulfide) groups is 1. The first kappa shape index (κ1) is 16.9. The Balaban J connectivity index is 1.46. The van der Waals surface area contributed by atoms with Gasteiger partial charge in [-0.2, -0.15) is 16.9 Å². The second-order valence-electron chi connectivity index (χ2n) is 5.74. The van der Waals surface area contributed by atoms with Crippen LogP contribution in [0.4, 0.5) is 5.13 Å². The van der Waals surface area contributed by atoms with Gasteiger partial charge in [-0.05, 0) is 23.4 Å². The van der Waals surface area contributed by atoms with Crippen molar-refractivity contribution in [3.05, 3.63) is 57.6 Å². The molecule has 7 nitrogen and oxygen atoms in total. The lowest BCUT2D eigenvalue weighted by Crippen LogP contribution is -2.31. The van der Waals surface area contributed by atoms with E-state index < -0.39 is 0 Å². The summed E-state index contributed by atoms with van der Waals surface area (Å²) in [6, 6.07) is 5.30. The normalized spacial score (nSPS) is 13.2. The summed E-state index contributed by atoms with van der Waals surface area (Å²) < 4.78 is 1.22. The molecule has 0 bridgehead atoms. The van der Waals surface area contributed by atoms with E-state index >= 15 is 0 Å². The number of anilines is 1. The summed E-state index contributed by atoms with van der Waals surface area (Å²) in [4.78, 5) is 32.8. The molecule has 132 valence electrons. The van der Waals surface area contributed by atoms with Crippen LogP contribution >= 0.6 is 23.1 Å². The maximum atomic E-state index is 12.3. The fourth-order valence-electron chi connectivity index (χ4n) is 2.65. The van der Waals surface area contributed by atoms with E-state index in [4.69, 9.17) is 0 Å². The van der Waals surface area contributed by atoms with Gasteiger partial charge in [0.15, 0.2) is 5.13 Å². The van der Waals surface area contributed by atoms with Crippen LogP contribution in [0.25, 0.3) is 11.3 Å². The van der Waals surface area contributed by atoms with Crippen molar-refractivity contribution in [1.29, 1.82) is 0 Å². The first-order valence-corrected chi connectivity index (χ1v) is 10.1. The average molecular weight is 385 g/mol. The number of carbonyl (C=O) groups excluding carboxylic acids is 1. The lowest BCUT2D eigenvalue weighted by molar-refractivity contribution is -0.117. The van der Waals surface area contributed by atoms with Gasteiger partial charge >= 0.3 is 0 Å². The van der Waals surface area contributed by atoms with Gasteiger partial charge in [0.2, 0.25) is 5.91 Å². The van der Waals surface area contributed by atoms with E-state index in [0.717, 1.165) is 40.4 Å². The van der Waals surface area contributed by atoms with Crippen LogP contribution in [-0.2, 0) is 23.5 Å². The molecule has 9 heteroatoms. The van der Waals surface area contributed by atoms with E-state index in [9.17, 15) is 9.59 Å². The summed E-state index contributed by atoms with van der Waals surface area (Å²) >= 11 is 3.13. The SMILES string of the molecule is O=C(Cn1nc2c(cc1=O)CSCC2)Nc1nc(-c2ccncc2)cs1. The monoisotopic (exact) mass is 385 g/mol. The van der Waals surface area contributed by atoms with Gasteiger partial charge < -0.3 is 5.32 Å². The number of carbonyl (C=O) groups is 1. The number of nitrogens with one attached hydrogen (secondary N) is 1. The summed E-state index contributed by atoms with van der Waals surface area (Å²) in [7, 11) is 0. The van der Waals surface area contributed by atoms with Gasteiger partial charge in [0, 0.05) is 41.6 Å². The highest BCUT2D eigenvalue weighted by Gasteiger charge is 2.15. The van der Waals surface area contributed by atoms with E-state index in [0.29, 0.717) is 5.13 Å². The van der Waals surface area contributed by atoms with Crippen LogP contribution in [-0.4, -0.2) is 31.4 Å². The first-order valence-electron chi connectivity index (χ1n) is 8.02. The van der Waals surface area contributed by atoms with Crippen molar-refractivity contribution in [3.8, 4) is 11.3 Å². The van der Waals surface area contributed by atoms with E-state index in [-0.39, 0.29) is 18.0 Å². The largest absolute Gasteiger partial charge is 0.300 e. The van der Waals surface area contributed by atoms with Gasteiger partial charge in [-0.15, -0.1) is 11.3 Å². The Morgan fingerprint density at radius 2 is 2.15 bits per heavy atom. The van der Waals surface area contributed by atoms with E-state index in [1.165, 1.54) is 16.0 Å².